The van der Waals surface area contributed by atoms with Crippen LogP contribution in [0.1, 0.15) is 30.1 Å². The van der Waals surface area contributed by atoms with Gasteiger partial charge in [0.15, 0.2) is 17.6 Å². The van der Waals surface area contributed by atoms with E-state index in [4.69, 9.17) is 14.2 Å². The van der Waals surface area contributed by atoms with Crippen molar-refractivity contribution >= 4 is 29.2 Å². The monoisotopic (exact) mass is 410 g/mol. The van der Waals surface area contributed by atoms with E-state index in [1.807, 2.05) is 0 Å². The van der Waals surface area contributed by atoms with Gasteiger partial charge in [-0.3, -0.25) is 9.59 Å². The van der Waals surface area contributed by atoms with Crippen LogP contribution in [0.25, 0.3) is 0 Å². The number of hydrogen-bond acceptors (Lipinski definition) is 6. The van der Waals surface area contributed by atoms with E-state index in [-0.39, 0.29) is 11.5 Å². The number of carbonyl (C=O) groups excluding carboxylic acids is 3. The van der Waals surface area contributed by atoms with Gasteiger partial charge in [0.25, 0.3) is 5.91 Å². The number of hydrogen-bond donors (Lipinski definition) is 1. The van der Waals surface area contributed by atoms with Crippen molar-refractivity contribution in [2.45, 2.75) is 25.9 Å². The highest BCUT2D eigenvalue weighted by molar-refractivity contribution is 5.99. The van der Waals surface area contributed by atoms with Gasteiger partial charge in [0.05, 0.1) is 5.56 Å². The van der Waals surface area contributed by atoms with Crippen molar-refractivity contribution in [3.63, 3.8) is 0 Å². The second-order valence-electron chi connectivity index (χ2n) is 7.09. The number of esters is 1. The van der Waals surface area contributed by atoms with Crippen molar-refractivity contribution in [3.8, 4) is 11.5 Å². The molecule has 2 aliphatic heterocycles. The molecule has 8 nitrogen and oxygen atoms in total. The van der Waals surface area contributed by atoms with Crippen LogP contribution >= 0.6 is 0 Å². The summed E-state index contributed by atoms with van der Waals surface area (Å²) in [5.41, 5.74) is 1.45. The summed E-state index contributed by atoms with van der Waals surface area (Å²) in [5, 5.41) is 2.71. The minimum atomic E-state index is -1.01. The third-order valence-corrected chi connectivity index (χ3v) is 4.93. The van der Waals surface area contributed by atoms with E-state index in [1.54, 1.807) is 47.4 Å². The minimum absolute atomic E-state index is 0.0349. The highest BCUT2D eigenvalue weighted by atomic mass is 16.6. The molecule has 1 N–H and O–H groups in total. The van der Waals surface area contributed by atoms with Gasteiger partial charge in [-0.15, -0.1) is 0 Å². The summed E-state index contributed by atoms with van der Waals surface area (Å²) in [6, 6.07) is 11.7. The Labute approximate surface area is 173 Å². The minimum Gasteiger partial charge on any atom is -0.486 e. The zero-order chi connectivity index (χ0) is 21.1. The molecule has 1 atom stereocenters. The Morgan fingerprint density at radius 2 is 1.90 bits per heavy atom. The maximum Gasteiger partial charge on any atom is 0.338 e. The topological polar surface area (TPSA) is 94.2 Å². The van der Waals surface area contributed by atoms with Gasteiger partial charge >= 0.3 is 5.97 Å². The van der Waals surface area contributed by atoms with Gasteiger partial charge in [0, 0.05) is 30.4 Å². The Morgan fingerprint density at radius 3 is 2.67 bits per heavy atom. The van der Waals surface area contributed by atoms with E-state index >= 15 is 0 Å². The van der Waals surface area contributed by atoms with Crippen LogP contribution in [0.2, 0.25) is 0 Å². The number of benzene rings is 2. The van der Waals surface area contributed by atoms with E-state index in [9.17, 15) is 14.4 Å². The van der Waals surface area contributed by atoms with Crippen LogP contribution in [-0.2, 0) is 14.3 Å². The van der Waals surface area contributed by atoms with Crippen molar-refractivity contribution in [1.82, 2.24) is 0 Å². The van der Waals surface area contributed by atoms with Gasteiger partial charge in [-0.25, -0.2) is 4.79 Å². The molecular formula is C22H22N2O6. The maximum atomic E-state index is 12.5. The van der Waals surface area contributed by atoms with Crippen molar-refractivity contribution in [2.24, 2.45) is 0 Å². The van der Waals surface area contributed by atoms with Gasteiger partial charge in [-0.05, 0) is 43.7 Å². The van der Waals surface area contributed by atoms with E-state index < -0.39 is 18.0 Å². The Balaban J connectivity index is 1.38. The third-order valence-electron chi connectivity index (χ3n) is 4.93. The SMILES string of the molecule is C[C@@H](OC(=O)c1cccc(N2CCCC2=O)c1)C(=O)Nc1ccc2c(c1)OCCO2. The van der Waals surface area contributed by atoms with Gasteiger partial charge in [0.2, 0.25) is 5.91 Å². The number of nitrogens with one attached hydrogen (secondary N) is 1. The molecule has 2 aliphatic rings. The van der Waals surface area contributed by atoms with Crippen molar-refractivity contribution in [1.29, 1.82) is 0 Å². The molecule has 2 aromatic carbocycles. The molecule has 2 heterocycles. The quantitative estimate of drug-likeness (QED) is 0.762. The lowest BCUT2D eigenvalue weighted by molar-refractivity contribution is -0.123. The van der Waals surface area contributed by atoms with Crippen LogP contribution < -0.4 is 19.7 Å². The van der Waals surface area contributed by atoms with Gasteiger partial charge in [-0.1, -0.05) is 6.07 Å². The van der Waals surface area contributed by atoms with Crippen LogP contribution in [-0.4, -0.2) is 43.6 Å². The summed E-state index contributed by atoms with van der Waals surface area (Å²) in [5.74, 6) is 0.110. The third kappa shape index (κ3) is 4.22. The largest absolute Gasteiger partial charge is 0.486 e. The zero-order valence-electron chi connectivity index (χ0n) is 16.6. The Bertz CT molecular complexity index is 989. The molecule has 0 radical (unpaired) electrons. The summed E-state index contributed by atoms with van der Waals surface area (Å²) in [4.78, 5) is 38.5. The van der Waals surface area contributed by atoms with E-state index in [0.29, 0.717) is 49.1 Å². The molecule has 8 heteroatoms. The van der Waals surface area contributed by atoms with E-state index in [2.05, 4.69) is 5.32 Å². The second-order valence-corrected chi connectivity index (χ2v) is 7.09. The molecule has 156 valence electrons. The molecule has 0 aliphatic carbocycles. The summed E-state index contributed by atoms with van der Waals surface area (Å²) < 4.78 is 16.3. The first-order valence-corrected chi connectivity index (χ1v) is 9.83. The Morgan fingerprint density at radius 1 is 1.10 bits per heavy atom. The number of carbonyl (C=O) groups is 3. The van der Waals surface area contributed by atoms with Crippen LogP contribution in [0, 0.1) is 0 Å². The highest BCUT2D eigenvalue weighted by Gasteiger charge is 2.24. The zero-order valence-corrected chi connectivity index (χ0v) is 16.6. The molecule has 0 bridgehead atoms. The summed E-state index contributed by atoms with van der Waals surface area (Å²) in [6.07, 6.45) is 0.291. The van der Waals surface area contributed by atoms with Gasteiger partial charge in [0.1, 0.15) is 13.2 Å². The molecule has 0 saturated carbocycles. The molecule has 2 aromatic rings. The van der Waals surface area contributed by atoms with Crippen LogP contribution in [0.5, 0.6) is 11.5 Å². The highest BCUT2D eigenvalue weighted by Crippen LogP contribution is 2.32. The average molecular weight is 410 g/mol. The molecular weight excluding hydrogens is 388 g/mol. The van der Waals surface area contributed by atoms with E-state index in [0.717, 1.165) is 6.42 Å². The first-order valence-electron chi connectivity index (χ1n) is 9.83. The summed E-state index contributed by atoms with van der Waals surface area (Å²) in [6.45, 7) is 3.06. The number of anilines is 2. The predicted molar refractivity (Wildman–Crippen MR) is 109 cm³/mol. The fourth-order valence-corrected chi connectivity index (χ4v) is 3.37. The maximum absolute atomic E-state index is 12.5. The van der Waals surface area contributed by atoms with Gasteiger partial charge in [-0.2, -0.15) is 0 Å². The Kier molecular flexibility index (Phi) is 5.56. The molecule has 1 fully saturated rings. The fraction of sp³-hybridized carbons (Fsp3) is 0.318. The van der Waals surface area contributed by atoms with Gasteiger partial charge < -0.3 is 24.4 Å². The van der Waals surface area contributed by atoms with Crippen LogP contribution in [0.4, 0.5) is 11.4 Å². The Hall–Kier alpha value is -3.55. The predicted octanol–water partition coefficient (Wildman–Crippen LogP) is 2.77. The summed E-state index contributed by atoms with van der Waals surface area (Å²) in [7, 11) is 0. The van der Waals surface area contributed by atoms with Crippen molar-refractivity contribution < 1.29 is 28.6 Å². The summed E-state index contributed by atoms with van der Waals surface area (Å²) >= 11 is 0. The van der Waals surface area contributed by atoms with Crippen molar-refractivity contribution in [3.05, 3.63) is 48.0 Å². The molecule has 0 spiro atoms. The number of fused-ring (bicyclic) bond motifs is 1. The van der Waals surface area contributed by atoms with Crippen LogP contribution in [0.3, 0.4) is 0 Å². The lowest BCUT2D eigenvalue weighted by atomic mass is 10.2. The molecule has 4 rings (SSSR count). The number of rotatable bonds is 5. The van der Waals surface area contributed by atoms with E-state index in [1.165, 1.54) is 6.92 Å². The first-order chi connectivity index (χ1) is 14.5. The first kappa shape index (κ1) is 19.8. The standard InChI is InChI=1S/C22H22N2O6/c1-14(21(26)23-16-7-8-18-19(13-16)29-11-10-28-18)30-22(27)15-4-2-5-17(12-15)24-9-3-6-20(24)25/h2,4-5,7-8,12-14H,3,6,9-11H2,1H3,(H,23,26)/t14-/m1/s1. The normalized spacial score (nSPS) is 16.2. The molecule has 1 saturated heterocycles. The number of nitrogens with zero attached hydrogens (tertiary/aromatic N) is 1. The molecule has 0 aromatic heterocycles. The average Bonchev–Trinajstić information content (AvgIpc) is 3.19. The lowest BCUT2D eigenvalue weighted by Gasteiger charge is -2.20. The lowest BCUT2D eigenvalue weighted by Crippen LogP contribution is -2.30. The number of ether oxygens (including phenoxy) is 3. The second kappa shape index (κ2) is 8.44. The van der Waals surface area contributed by atoms with Crippen molar-refractivity contribution in [2.75, 3.05) is 30.0 Å². The molecule has 2 amide bonds. The molecule has 0 unspecified atom stereocenters. The van der Waals surface area contributed by atoms with Crippen LogP contribution in [0.15, 0.2) is 42.5 Å². The smallest absolute Gasteiger partial charge is 0.338 e. The molecule has 30 heavy (non-hydrogen) atoms. The fourth-order valence-electron chi connectivity index (χ4n) is 3.37. The number of amides is 2.